The molecule has 2 aromatic rings. The SMILES string of the molecule is CCNC(=NCc1nc(C(C)C)cs1)NCc1nc(C(F)(F)F)cs1. The van der Waals surface area contributed by atoms with Crippen LogP contribution in [0.4, 0.5) is 13.2 Å². The number of aliphatic imine (C=N–C) groups is 1. The van der Waals surface area contributed by atoms with E-state index in [2.05, 4.69) is 39.4 Å². The van der Waals surface area contributed by atoms with E-state index in [0.29, 0.717) is 30.0 Å². The third-order valence-corrected chi connectivity index (χ3v) is 4.83. The Kier molecular flexibility index (Phi) is 6.77. The summed E-state index contributed by atoms with van der Waals surface area (Å²) in [5.41, 5.74) is 0.177. The van der Waals surface area contributed by atoms with Crippen LogP contribution in [0.25, 0.3) is 0 Å². The molecule has 0 aromatic carbocycles. The maximum Gasteiger partial charge on any atom is 0.434 e. The van der Waals surface area contributed by atoms with Crippen LogP contribution in [0.3, 0.4) is 0 Å². The fourth-order valence-electron chi connectivity index (χ4n) is 1.83. The first-order valence-corrected chi connectivity index (χ1v) is 9.53. The van der Waals surface area contributed by atoms with E-state index in [9.17, 15) is 13.2 Å². The highest BCUT2D eigenvalue weighted by Crippen LogP contribution is 2.29. The van der Waals surface area contributed by atoms with Gasteiger partial charge in [-0.1, -0.05) is 13.8 Å². The van der Waals surface area contributed by atoms with E-state index in [1.54, 1.807) is 11.3 Å². The molecule has 0 aliphatic heterocycles. The van der Waals surface area contributed by atoms with Gasteiger partial charge >= 0.3 is 6.18 Å². The lowest BCUT2D eigenvalue weighted by Gasteiger charge is -2.09. The molecule has 0 atom stereocenters. The van der Waals surface area contributed by atoms with Crippen molar-refractivity contribution in [1.29, 1.82) is 0 Å². The molecule has 5 nitrogen and oxygen atoms in total. The summed E-state index contributed by atoms with van der Waals surface area (Å²) >= 11 is 2.52. The molecule has 0 spiro atoms. The van der Waals surface area contributed by atoms with Gasteiger partial charge in [0.2, 0.25) is 0 Å². The molecule has 2 N–H and O–H groups in total. The van der Waals surface area contributed by atoms with Crippen LogP contribution in [0.2, 0.25) is 0 Å². The first-order chi connectivity index (χ1) is 11.8. The lowest BCUT2D eigenvalue weighted by atomic mass is 10.2. The summed E-state index contributed by atoms with van der Waals surface area (Å²) in [5, 5.41) is 10.3. The molecule has 0 radical (unpaired) electrons. The Bertz CT molecular complexity index is 706. The fourth-order valence-corrected chi connectivity index (χ4v) is 3.45. The highest BCUT2D eigenvalue weighted by Gasteiger charge is 2.33. The summed E-state index contributed by atoms with van der Waals surface area (Å²) in [5.74, 6) is 0.889. The van der Waals surface area contributed by atoms with Crippen molar-refractivity contribution in [1.82, 2.24) is 20.6 Å². The number of hydrogen-bond donors (Lipinski definition) is 2. The average Bonchev–Trinajstić information content (AvgIpc) is 3.18. The van der Waals surface area contributed by atoms with Crippen LogP contribution in [0.5, 0.6) is 0 Å². The highest BCUT2D eigenvalue weighted by molar-refractivity contribution is 7.09. The molecule has 0 aliphatic rings. The van der Waals surface area contributed by atoms with Crippen LogP contribution < -0.4 is 10.6 Å². The van der Waals surface area contributed by atoms with Crippen molar-refractivity contribution < 1.29 is 13.2 Å². The van der Waals surface area contributed by atoms with E-state index in [0.717, 1.165) is 27.4 Å². The summed E-state index contributed by atoms with van der Waals surface area (Å²) in [6.45, 7) is 7.32. The van der Waals surface area contributed by atoms with Crippen molar-refractivity contribution in [3.8, 4) is 0 Å². The molecule has 2 rings (SSSR count). The molecule has 2 heterocycles. The topological polar surface area (TPSA) is 62.2 Å². The molecule has 25 heavy (non-hydrogen) atoms. The molecular weight excluding hydrogens is 371 g/mol. The van der Waals surface area contributed by atoms with E-state index in [4.69, 9.17) is 0 Å². The summed E-state index contributed by atoms with van der Waals surface area (Å²) < 4.78 is 37.7. The largest absolute Gasteiger partial charge is 0.434 e. The van der Waals surface area contributed by atoms with Crippen LogP contribution in [0, 0.1) is 0 Å². The zero-order valence-corrected chi connectivity index (χ0v) is 15.8. The van der Waals surface area contributed by atoms with Gasteiger partial charge in [0.25, 0.3) is 0 Å². The summed E-state index contributed by atoms with van der Waals surface area (Å²) in [6, 6.07) is 0. The maximum absolute atomic E-state index is 12.6. The minimum atomic E-state index is -4.41. The summed E-state index contributed by atoms with van der Waals surface area (Å²) in [7, 11) is 0. The van der Waals surface area contributed by atoms with Crippen LogP contribution in [-0.4, -0.2) is 22.5 Å². The average molecular weight is 391 g/mol. The zero-order chi connectivity index (χ0) is 18.4. The van der Waals surface area contributed by atoms with E-state index >= 15 is 0 Å². The number of nitrogens with zero attached hydrogens (tertiary/aromatic N) is 3. The number of alkyl halides is 3. The first-order valence-electron chi connectivity index (χ1n) is 7.77. The van der Waals surface area contributed by atoms with Gasteiger partial charge in [-0.3, -0.25) is 0 Å². The van der Waals surface area contributed by atoms with E-state index in [1.807, 2.05) is 12.3 Å². The minimum Gasteiger partial charge on any atom is -0.357 e. The minimum absolute atomic E-state index is 0.182. The normalized spacial score (nSPS) is 12.7. The van der Waals surface area contributed by atoms with E-state index in [1.165, 1.54) is 0 Å². The molecule has 0 bridgehead atoms. The first kappa shape index (κ1) is 19.6. The number of hydrogen-bond acceptors (Lipinski definition) is 5. The molecule has 0 saturated heterocycles. The van der Waals surface area contributed by atoms with Crippen LogP contribution in [0.1, 0.15) is 48.1 Å². The molecule has 0 amide bonds. The van der Waals surface area contributed by atoms with Gasteiger partial charge < -0.3 is 10.6 Å². The van der Waals surface area contributed by atoms with E-state index < -0.39 is 11.9 Å². The molecule has 138 valence electrons. The number of thiazole rings is 2. The lowest BCUT2D eigenvalue weighted by molar-refractivity contribution is -0.140. The van der Waals surface area contributed by atoms with Gasteiger partial charge in [0.1, 0.15) is 10.0 Å². The predicted molar refractivity (Wildman–Crippen MR) is 95.0 cm³/mol. The molecule has 0 fully saturated rings. The van der Waals surface area contributed by atoms with Gasteiger partial charge in [0.05, 0.1) is 18.8 Å². The summed E-state index contributed by atoms with van der Waals surface area (Å²) in [6.07, 6.45) is -4.41. The number of aromatic nitrogens is 2. The van der Waals surface area contributed by atoms with Gasteiger partial charge in [-0.05, 0) is 12.8 Å². The Morgan fingerprint density at radius 1 is 1.16 bits per heavy atom. The van der Waals surface area contributed by atoms with Crippen LogP contribution >= 0.6 is 22.7 Å². The van der Waals surface area contributed by atoms with Crippen molar-refractivity contribution in [2.75, 3.05) is 6.54 Å². The van der Waals surface area contributed by atoms with E-state index in [-0.39, 0.29) is 6.54 Å². The Labute approximate surface area is 152 Å². The predicted octanol–water partition coefficient (Wildman–Crippen LogP) is 4.00. The Balaban J connectivity index is 1.96. The Hall–Kier alpha value is -1.68. The van der Waals surface area contributed by atoms with Gasteiger partial charge in [0.15, 0.2) is 11.7 Å². The standard InChI is InChI=1S/C15H20F3N5S2/c1-4-19-14(20-5-12-22-10(7-24-12)9(2)3)21-6-13-23-11(8-25-13)15(16,17)18/h7-9H,4-6H2,1-3H3,(H2,19,20,21). The molecule has 0 unspecified atom stereocenters. The van der Waals surface area contributed by atoms with Gasteiger partial charge in [-0.25, -0.2) is 15.0 Å². The van der Waals surface area contributed by atoms with Crippen molar-refractivity contribution in [3.63, 3.8) is 0 Å². The Morgan fingerprint density at radius 3 is 2.44 bits per heavy atom. The number of guanidine groups is 1. The summed E-state index contributed by atoms with van der Waals surface area (Å²) in [4.78, 5) is 12.5. The second-order valence-electron chi connectivity index (χ2n) is 5.49. The van der Waals surface area contributed by atoms with Gasteiger partial charge in [0, 0.05) is 17.3 Å². The second-order valence-corrected chi connectivity index (χ2v) is 7.38. The van der Waals surface area contributed by atoms with Gasteiger partial charge in [-0.2, -0.15) is 13.2 Å². The second kappa shape index (κ2) is 8.61. The van der Waals surface area contributed by atoms with Gasteiger partial charge in [-0.15, -0.1) is 22.7 Å². The number of nitrogens with one attached hydrogen (secondary N) is 2. The van der Waals surface area contributed by atoms with Crippen molar-refractivity contribution in [2.24, 2.45) is 4.99 Å². The van der Waals surface area contributed by atoms with Crippen molar-refractivity contribution >= 4 is 28.6 Å². The number of rotatable bonds is 6. The number of halogens is 3. The zero-order valence-electron chi connectivity index (χ0n) is 14.1. The monoisotopic (exact) mass is 391 g/mol. The quantitative estimate of drug-likeness (QED) is 0.577. The van der Waals surface area contributed by atoms with Crippen LogP contribution in [0.15, 0.2) is 15.8 Å². The molecule has 2 aromatic heterocycles. The fraction of sp³-hybridized carbons (Fsp3) is 0.533. The molecule has 10 heteroatoms. The van der Waals surface area contributed by atoms with Crippen LogP contribution in [-0.2, 0) is 19.3 Å². The molecule has 0 saturated carbocycles. The lowest BCUT2D eigenvalue weighted by Crippen LogP contribution is -2.36. The third-order valence-electron chi connectivity index (χ3n) is 3.13. The maximum atomic E-state index is 12.6. The van der Waals surface area contributed by atoms with Crippen molar-refractivity contribution in [2.45, 2.75) is 46.0 Å². The third kappa shape index (κ3) is 5.96. The Morgan fingerprint density at radius 2 is 1.88 bits per heavy atom. The molecule has 0 aliphatic carbocycles. The highest BCUT2D eigenvalue weighted by atomic mass is 32.1. The molecular formula is C15H20F3N5S2. The van der Waals surface area contributed by atoms with Crippen molar-refractivity contribution in [3.05, 3.63) is 32.2 Å². The smallest absolute Gasteiger partial charge is 0.357 e.